The molecule has 4 nitrogen and oxygen atoms in total. The molecule has 1 aliphatic rings. The Bertz CT molecular complexity index is 416. The van der Waals surface area contributed by atoms with Crippen LogP contribution in [0.4, 0.5) is 4.79 Å². The summed E-state index contributed by atoms with van der Waals surface area (Å²) < 4.78 is 0. The summed E-state index contributed by atoms with van der Waals surface area (Å²) in [6.07, 6.45) is 5.07. The Morgan fingerprint density at radius 1 is 1.20 bits per heavy atom. The number of rotatable bonds is 4. The number of urea groups is 1. The molecule has 0 bridgehead atoms. The lowest BCUT2D eigenvalue weighted by atomic mass is 9.96. The molecule has 3 N–H and O–H groups in total. The van der Waals surface area contributed by atoms with Crippen molar-refractivity contribution >= 4 is 6.03 Å². The summed E-state index contributed by atoms with van der Waals surface area (Å²) in [5.74, 6) is 0. The van der Waals surface area contributed by atoms with Gasteiger partial charge in [0.15, 0.2) is 0 Å². The third-order valence-corrected chi connectivity index (χ3v) is 3.91. The maximum absolute atomic E-state index is 11.9. The molecule has 0 saturated heterocycles. The van der Waals surface area contributed by atoms with Crippen molar-refractivity contribution in [1.82, 2.24) is 10.6 Å². The first kappa shape index (κ1) is 14.9. The van der Waals surface area contributed by atoms with Crippen LogP contribution in [0, 0.1) is 0 Å². The van der Waals surface area contributed by atoms with E-state index in [1.54, 1.807) is 0 Å². The molecule has 0 aliphatic heterocycles. The van der Waals surface area contributed by atoms with Gasteiger partial charge >= 0.3 is 6.03 Å². The predicted molar refractivity (Wildman–Crippen MR) is 79.4 cm³/mol. The minimum Gasteiger partial charge on any atom is -0.386 e. The average molecular weight is 276 g/mol. The molecule has 20 heavy (non-hydrogen) atoms. The molecule has 2 rings (SSSR count). The van der Waals surface area contributed by atoms with Crippen LogP contribution in [-0.2, 0) is 0 Å². The molecular formula is C16H24N2O2. The number of amides is 2. The number of carbonyl (C=O) groups excluding carboxylic acids is 1. The summed E-state index contributed by atoms with van der Waals surface area (Å²) >= 11 is 0. The molecule has 4 heteroatoms. The maximum Gasteiger partial charge on any atom is 0.315 e. The van der Waals surface area contributed by atoms with Gasteiger partial charge in [-0.05, 0) is 25.3 Å². The van der Waals surface area contributed by atoms with Gasteiger partial charge in [0.2, 0.25) is 0 Å². The van der Waals surface area contributed by atoms with E-state index >= 15 is 0 Å². The molecule has 0 radical (unpaired) electrons. The van der Waals surface area contributed by atoms with Gasteiger partial charge in [-0.2, -0.15) is 0 Å². The van der Waals surface area contributed by atoms with Gasteiger partial charge in [0.1, 0.15) is 0 Å². The molecule has 0 spiro atoms. The number of hydrogen-bond acceptors (Lipinski definition) is 2. The Kier molecular flexibility index (Phi) is 5.41. The zero-order valence-electron chi connectivity index (χ0n) is 12.0. The molecule has 1 saturated carbocycles. The lowest BCUT2D eigenvalue weighted by Crippen LogP contribution is -2.47. The van der Waals surface area contributed by atoms with Crippen molar-refractivity contribution in [3.05, 3.63) is 35.9 Å². The van der Waals surface area contributed by atoms with Gasteiger partial charge in [-0.15, -0.1) is 0 Å². The number of carbonyl (C=O) groups is 1. The lowest BCUT2D eigenvalue weighted by molar-refractivity contribution is 0.136. The predicted octanol–water partition coefficient (Wildman–Crippen LogP) is 2.74. The minimum atomic E-state index is -0.687. The smallest absolute Gasteiger partial charge is 0.315 e. The Hall–Kier alpha value is -1.55. The van der Waals surface area contributed by atoms with Crippen molar-refractivity contribution in [2.24, 2.45) is 0 Å². The Balaban J connectivity index is 1.81. The highest BCUT2D eigenvalue weighted by atomic mass is 16.3. The highest BCUT2D eigenvalue weighted by Gasteiger charge is 2.20. The SMILES string of the molecule is CC(NC(=O)NC1CCCCC1)C(O)c1ccccc1. The lowest BCUT2D eigenvalue weighted by Gasteiger charge is -2.25. The third kappa shape index (κ3) is 4.23. The molecule has 1 aromatic carbocycles. The number of aliphatic hydroxyl groups is 1. The van der Waals surface area contributed by atoms with E-state index in [-0.39, 0.29) is 18.1 Å². The molecule has 1 aromatic rings. The first-order valence-corrected chi connectivity index (χ1v) is 7.47. The Morgan fingerprint density at radius 2 is 1.85 bits per heavy atom. The molecule has 110 valence electrons. The van der Waals surface area contributed by atoms with Crippen LogP contribution in [0.5, 0.6) is 0 Å². The van der Waals surface area contributed by atoms with E-state index in [1.165, 1.54) is 19.3 Å². The summed E-state index contributed by atoms with van der Waals surface area (Å²) in [5.41, 5.74) is 0.818. The van der Waals surface area contributed by atoms with Crippen LogP contribution >= 0.6 is 0 Å². The molecule has 0 heterocycles. The van der Waals surface area contributed by atoms with Crippen molar-refractivity contribution in [2.75, 3.05) is 0 Å². The van der Waals surface area contributed by atoms with E-state index in [9.17, 15) is 9.90 Å². The number of hydrogen-bond donors (Lipinski definition) is 3. The third-order valence-electron chi connectivity index (χ3n) is 3.91. The Labute approximate surface area is 120 Å². The van der Waals surface area contributed by atoms with Crippen LogP contribution in [0.2, 0.25) is 0 Å². The second-order valence-corrected chi connectivity index (χ2v) is 5.60. The van der Waals surface area contributed by atoms with Gasteiger partial charge in [0.05, 0.1) is 12.1 Å². The number of benzene rings is 1. The first-order chi connectivity index (χ1) is 9.66. The standard InChI is InChI=1S/C16H24N2O2/c1-12(15(19)13-8-4-2-5-9-13)17-16(20)18-14-10-6-3-7-11-14/h2,4-5,8-9,12,14-15,19H,3,6-7,10-11H2,1H3,(H2,17,18,20). The fourth-order valence-corrected chi connectivity index (χ4v) is 2.70. The van der Waals surface area contributed by atoms with E-state index < -0.39 is 6.10 Å². The first-order valence-electron chi connectivity index (χ1n) is 7.47. The van der Waals surface area contributed by atoms with Crippen LogP contribution < -0.4 is 10.6 Å². The van der Waals surface area contributed by atoms with E-state index in [2.05, 4.69) is 10.6 Å². The van der Waals surface area contributed by atoms with Crippen molar-refractivity contribution in [2.45, 2.75) is 57.2 Å². The van der Waals surface area contributed by atoms with Crippen molar-refractivity contribution in [3.8, 4) is 0 Å². The molecular weight excluding hydrogens is 252 g/mol. The van der Waals surface area contributed by atoms with Crippen LogP contribution in [0.3, 0.4) is 0 Å². The fraction of sp³-hybridized carbons (Fsp3) is 0.562. The van der Waals surface area contributed by atoms with Crippen molar-refractivity contribution in [3.63, 3.8) is 0 Å². The van der Waals surface area contributed by atoms with E-state index in [4.69, 9.17) is 0 Å². The summed E-state index contributed by atoms with van der Waals surface area (Å²) in [5, 5.41) is 16.0. The molecule has 1 aliphatic carbocycles. The zero-order chi connectivity index (χ0) is 14.4. The summed E-state index contributed by atoms with van der Waals surface area (Å²) in [6.45, 7) is 1.82. The van der Waals surface area contributed by atoms with Crippen molar-refractivity contribution < 1.29 is 9.90 Å². The fourth-order valence-electron chi connectivity index (χ4n) is 2.70. The monoisotopic (exact) mass is 276 g/mol. The second-order valence-electron chi connectivity index (χ2n) is 5.60. The highest BCUT2D eigenvalue weighted by molar-refractivity contribution is 5.74. The number of nitrogens with one attached hydrogen (secondary N) is 2. The topological polar surface area (TPSA) is 61.4 Å². The molecule has 2 atom stereocenters. The van der Waals surface area contributed by atoms with Gasteiger partial charge in [-0.25, -0.2) is 4.79 Å². The highest BCUT2D eigenvalue weighted by Crippen LogP contribution is 2.18. The van der Waals surface area contributed by atoms with Crippen LogP contribution in [0.1, 0.15) is 50.7 Å². The largest absolute Gasteiger partial charge is 0.386 e. The number of aliphatic hydroxyl groups excluding tert-OH is 1. The van der Waals surface area contributed by atoms with Gasteiger partial charge in [0, 0.05) is 6.04 Å². The van der Waals surface area contributed by atoms with Crippen molar-refractivity contribution in [1.29, 1.82) is 0 Å². The molecule has 0 aromatic heterocycles. The molecule has 1 fully saturated rings. The normalized spacial score (nSPS) is 19.1. The average Bonchev–Trinajstić information content (AvgIpc) is 2.48. The zero-order valence-corrected chi connectivity index (χ0v) is 12.0. The van der Waals surface area contributed by atoms with Crippen LogP contribution in [-0.4, -0.2) is 23.2 Å². The quantitative estimate of drug-likeness (QED) is 0.792. The maximum atomic E-state index is 11.9. The van der Waals surface area contributed by atoms with Crippen LogP contribution in [0.15, 0.2) is 30.3 Å². The summed E-state index contributed by atoms with van der Waals surface area (Å²) in [7, 11) is 0. The van der Waals surface area contributed by atoms with Gasteiger partial charge < -0.3 is 15.7 Å². The molecule has 2 unspecified atom stereocenters. The van der Waals surface area contributed by atoms with Gasteiger partial charge in [-0.3, -0.25) is 0 Å². The summed E-state index contributed by atoms with van der Waals surface area (Å²) in [4.78, 5) is 11.9. The van der Waals surface area contributed by atoms with Crippen LogP contribution in [0.25, 0.3) is 0 Å². The van der Waals surface area contributed by atoms with E-state index in [0.717, 1.165) is 18.4 Å². The van der Waals surface area contributed by atoms with Gasteiger partial charge in [0.25, 0.3) is 0 Å². The minimum absolute atomic E-state index is 0.181. The van der Waals surface area contributed by atoms with E-state index in [0.29, 0.717) is 0 Å². The molecule has 2 amide bonds. The van der Waals surface area contributed by atoms with E-state index in [1.807, 2.05) is 37.3 Å². The van der Waals surface area contributed by atoms with Gasteiger partial charge in [-0.1, -0.05) is 49.6 Å². The summed E-state index contributed by atoms with van der Waals surface area (Å²) in [6, 6.07) is 9.18. The Morgan fingerprint density at radius 3 is 2.50 bits per heavy atom. The second kappa shape index (κ2) is 7.29.